The number of furan rings is 1. The van der Waals surface area contributed by atoms with E-state index in [4.69, 9.17) is 21.8 Å². The second-order valence-corrected chi connectivity index (χ2v) is 9.94. The Balaban J connectivity index is 1.49. The van der Waals surface area contributed by atoms with Gasteiger partial charge >= 0.3 is 6.18 Å². The van der Waals surface area contributed by atoms with Crippen LogP contribution in [0.3, 0.4) is 0 Å². The fourth-order valence-electron chi connectivity index (χ4n) is 4.11. The highest BCUT2D eigenvalue weighted by Gasteiger charge is 2.42. The molecule has 38 heavy (non-hydrogen) atoms. The van der Waals surface area contributed by atoms with Crippen molar-refractivity contribution in [1.29, 1.82) is 0 Å². The highest BCUT2D eigenvalue weighted by atomic mass is 35.5. The van der Waals surface area contributed by atoms with E-state index in [-0.39, 0.29) is 56.7 Å². The van der Waals surface area contributed by atoms with Crippen molar-refractivity contribution in [3.63, 3.8) is 0 Å². The van der Waals surface area contributed by atoms with Crippen LogP contribution in [-0.2, 0) is 17.5 Å². The van der Waals surface area contributed by atoms with Gasteiger partial charge in [-0.3, -0.25) is 14.3 Å². The van der Waals surface area contributed by atoms with Crippen LogP contribution in [0.25, 0.3) is 21.5 Å². The average Bonchev–Trinajstić information content (AvgIpc) is 3.25. The van der Waals surface area contributed by atoms with Gasteiger partial charge in [0.15, 0.2) is 5.69 Å². The van der Waals surface area contributed by atoms with Gasteiger partial charge < -0.3 is 15.5 Å². The fourth-order valence-corrected chi connectivity index (χ4v) is 5.52. The van der Waals surface area contributed by atoms with Crippen molar-refractivity contribution in [3.05, 3.63) is 51.4 Å². The number of aryl methyl sites for hydroxylation is 1. The number of nitrogens with two attached hydrogens (primary N) is 1. The van der Waals surface area contributed by atoms with Crippen molar-refractivity contribution in [3.8, 4) is 11.3 Å². The monoisotopic (exact) mass is 573 g/mol. The molecule has 3 N–H and O–H groups in total. The number of primary amides is 1. The minimum absolute atomic E-state index is 0.0167. The first-order valence-electron chi connectivity index (χ1n) is 11.2. The number of amides is 2. The van der Waals surface area contributed by atoms with Crippen molar-refractivity contribution in [2.75, 3.05) is 5.32 Å². The van der Waals surface area contributed by atoms with Gasteiger partial charge in [0.05, 0.1) is 29.2 Å². The third kappa shape index (κ3) is 4.85. The first-order valence-corrected chi connectivity index (χ1v) is 12.4. The minimum atomic E-state index is -4.76. The summed E-state index contributed by atoms with van der Waals surface area (Å²) in [4.78, 5) is 28.9. The number of nitrogens with zero attached hydrogens (tertiary/aromatic N) is 3. The zero-order valence-corrected chi connectivity index (χ0v) is 20.7. The van der Waals surface area contributed by atoms with Crippen LogP contribution in [0.5, 0.6) is 0 Å². The first kappa shape index (κ1) is 26.1. The molecule has 0 bridgehead atoms. The standard InChI is InChI=1S/C23H17ClF5N5O3S/c24-15-17(9-3-4-9)34(33-19(15)23(27,28)29)6-5-13(35)32-16-14-10(12-2-1-7-37-12)8-11(20(25)26)31-22(14)38-18(16)21(30)36/h1-2,7-9,20H,3-6H2,(H2,30,36)(H,32,35). The van der Waals surface area contributed by atoms with E-state index < -0.39 is 40.8 Å². The van der Waals surface area contributed by atoms with E-state index in [2.05, 4.69) is 15.4 Å². The summed E-state index contributed by atoms with van der Waals surface area (Å²) < 4.78 is 73.5. The van der Waals surface area contributed by atoms with Crippen LogP contribution in [-0.4, -0.2) is 26.6 Å². The van der Waals surface area contributed by atoms with E-state index in [0.29, 0.717) is 12.8 Å². The summed E-state index contributed by atoms with van der Waals surface area (Å²) in [5, 5.41) is 5.83. The molecule has 0 unspecified atom stereocenters. The predicted molar refractivity (Wildman–Crippen MR) is 128 cm³/mol. The van der Waals surface area contributed by atoms with E-state index in [9.17, 15) is 31.5 Å². The van der Waals surface area contributed by atoms with Crippen LogP contribution in [0.15, 0.2) is 28.9 Å². The number of thiophene rings is 1. The molecule has 200 valence electrons. The van der Waals surface area contributed by atoms with Crippen molar-refractivity contribution in [2.24, 2.45) is 5.73 Å². The Bertz CT molecular complexity index is 1540. The van der Waals surface area contributed by atoms with Crippen molar-refractivity contribution >= 4 is 50.7 Å². The average molecular weight is 574 g/mol. The minimum Gasteiger partial charge on any atom is -0.464 e. The number of halogens is 6. The molecule has 1 aliphatic rings. The summed E-state index contributed by atoms with van der Waals surface area (Å²) in [5.41, 5.74) is 4.02. The molecule has 4 heterocycles. The lowest BCUT2D eigenvalue weighted by molar-refractivity contribution is -0.141. The fraction of sp³-hybridized carbons (Fsp3) is 0.304. The van der Waals surface area contributed by atoms with Gasteiger partial charge in [0.25, 0.3) is 12.3 Å². The molecule has 1 fully saturated rings. The number of hydrogen-bond acceptors (Lipinski definition) is 6. The quantitative estimate of drug-likeness (QED) is 0.238. The van der Waals surface area contributed by atoms with Crippen molar-refractivity contribution in [2.45, 2.75) is 44.3 Å². The van der Waals surface area contributed by atoms with Crippen molar-refractivity contribution < 1.29 is 36.0 Å². The number of pyridine rings is 1. The Morgan fingerprint density at radius 2 is 2.05 bits per heavy atom. The summed E-state index contributed by atoms with van der Waals surface area (Å²) in [6, 6.07) is 4.13. The number of nitrogens with one attached hydrogen (secondary N) is 1. The molecule has 0 atom stereocenters. The van der Waals surface area contributed by atoms with Crippen LogP contribution in [0.1, 0.15) is 58.4 Å². The van der Waals surface area contributed by atoms with E-state index in [1.165, 1.54) is 18.4 Å². The maximum absolute atomic E-state index is 13.5. The Kier molecular flexibility index (Phi) is 6.63. The van der Waals surface area contributed by atoms with E-state index in [1.807, 2.05) is 0 Å². The van der Waals surface area contributed by atoms with Crippen LogP contribution in [0.2, 0.25) is 5.02 Å². The molecule has 4 aromatic rings. The van der Waals surface area contributed by atoms with Gasteiger partial charge in [-0.2, -0.15) is 18.3 Å². The van der Waals surface area contributed by atoms with Crippen LogP contribution in [0.4, 0.5) is 27.6 Å². The van der Waals surface area contributed by atoms with Gasteiger partial charge in [0.2, 0.25) is 5.91 Å². The summed E-state index contributed by atoms with van der Waals surface area (Å²) in [7, 11) is 0. The van der Waals surface area contributed by atoms with Gasteiger partial charge in [-0.25, -0.2) is 13.8 Å². The van der Waals surface area contributed by atoms with Gasteiger partial charge in [0, 0.05) is 23.3 Å². The summed E-state index contributed by atoms with van der Waals surface area (Å²) in [5.74, 6) is -1.61. The molecule has 1 aliphatic carbocycles. The Morgan fingerprint density at radius 1 is 1.32 bits per heavy atom. The lowest BCUT2D eigenvalue weighted by atomic mass is 10.1. The highest BCUT2D eigenvalue weighted by molar-refractivity contribution is 7.21. The van der Waals surface area contributed by atoms with E-state index in [1.54, 1.807) is 0 Å². The zero-order chi connectivity index (χ0) is 27.4. The molecule has 2 amide bonds. The molecular formula is C23H17ClF5N5O3S. The molecule has 0 radical (unpaired) electrons. The SMILES string of the molecule is NC(=O)c1sc2nc(C(F)F)cc(-c3ccco3)c2c1NC(=O)CCn1nc(C(F)(F)F)c(Cl)c1C1CC1. The predicted octanol–water partition coefficient (Wildman–Crippen LogP) is 6.37. The maximum atomic E-state index is 13.5. The van der Waals surface area contributed by atoms with E-state index in [0.717, 1.165) is 22.1 Å². The van der Waals surface area contributed by atoms with Crippen LogP contribution < -0.4 is 11.1 Å². The van der Waals surface area contributed by atoms with E-state index >= 15 is 0 Å². The molecule has 4 aromatic heterocycles. The number of fused-ring (bicyclic) bond motifs is 1. The molecule has 8 nitrogen and oxygen atoms in total. The third-order valence-corrected chi connectivity index (χ3v) is 7.37. The molecule has 0 saturated heterocycles. The number of aromatic nitrogens is 3. The number of carbonyl (C=O) groups excluding carboxylic acids is 2. The largest absolute Gasteiger partial charge is 0.464 e. The lowest BCUT2D eigenvalue weighted by Crippen LogP contribution is -2.19. The zero-order valence-electron chi connectivity index (χ0n) is 19.1. The molecule has 0 aliphatic heterocycles. The first-order chi connectivity index (χ1) is 18.0. The van der Waals surface area contributed by atoms with Crippen LogP contribution in [0, 0.1) is 0 Å². The summed E-state index contributed by atoms with van der Waals surface area (Å²) in [6.07, 6.45) is -5.38. The third-order valence-electron chi connectivity index (χ3n) is 5.90. The number of hydrogen-bond donors (Lipinski definition) is 2. The lowest BCUT2D eigenvalue weighted by Gasteiger charge is -2.10. The Hall–Kier alpha value is -3.52. The molecule has 0 aromatic carbocycles. The molecule has 15 heteroatoms. The van der Waals surface area contributed by atoms with Gasteiger partial charge in [0.1, 0.15) is 21.2 Å². The van der Waals surface area contributed by atoms with Gasteiger partial charge in [-0.1, -0.05) is 11.6 Å². The second kappa shape index (κ2) is 9.66. The molecule has 5 rings (SSSR count). The summed E-state index contributed by atoms with van der Waals surface area (Å²) in [6.45, 7) is -0.222. The smallest absolute Gasteiger partial charge is 0.436 e. The summed E-state index contributed by atoms with van der Waals surface area (Å²) >= 11 is 6.70. The second-order valence-electron chi connectivity index (χ2n) is 8.56. The Labute approximate surface area is 219 Å². The van der Waals surface area contributed by atoms with Gasteiger partial charge in [-0.15, -0.1) is 11.3 Å². The number of alkyl halides is 5. The number of rotatable bonds is 8. The topological polar surface area (TPSA) is 116 Å². The molecule has 1 saturated carbocycles. The molecular weight excluding hydrogens is 557 g/mol. The van der Waals surface area contributed by atoms with Crippen LogP contribution >= 0.6 is 22.9 Å². The molecule has 0 spiro atoms. The van der Waals surface area contributed by atoms with Crippen molar-refractivity contribution in [1.82, 2.24) is 14.8 Å². The normalized spacial score (nSPS) is 14.0. The number of carbonyl (C=O) groups is 2. The Morgan fingerprint density at radius 3 is 2.63 bits per heavy atom. The number of anilines is 1. The maximum Gasteiger partial charge on any atom is 0.436 e. The van der Waals surface area contributed by atoms with Gasteiger partial charge in [-0.05, 0) is 31.0 Å². The highest BCUT2D eigenvalue weighted by Crippen LogP contribution is 2.47.